The van der Waals surface area contributed by atoms with E-state index >= 15 is 0 Å². The van der Waals surface area contributed by atoms with Gasteiger partial charge in [0, 0.05) is 54.4 Å². The fourth-order valence-electron chi connectivity index (χ4n) is 5.46. The minimum Gasteiger partial charge on any atom is -0.478 e. The molecule has 4 aromatic rings. The van der Waals surface area contributed by atoms with Gasteiger partial charge >= 0.3 is 5.97 Å². The average molecular weight is 528 g/mol. The molecular formula is C32H34ClN3O2. The van der Waals surface area contributed by atoms with E-state index < -0.39 is 5.97 Å². The summed E-state index contributed by atoms with van der Waals surface area (Å²) in [6, 6.07) is 24.2. The molecule has 196 valence electrons. The molecule has 0 saturated carbocycles. The average Bonchev–Trinajstić information content (AvgIpc) is 2.94. The summed E-state index contributed by atoms with van der Waals surface area (Å²) in [5, 5.41) is 11.2. The Hall–Kier alpha value is -3.41. The third kappa shape index (κ3) is 6.17. The Labute approximate surface area is 229 Å². The predicted octanol–water partition coefficient (Wildman–Crippen LogP) is 7.02. The Bertz CT molecular complexity index is 1380. The van der Waals surface area contributed by atoms with Crippen molar-refractivity contribution in [3.63, 3.8) is 0 Å². The number of aromatic nitrogens is 1. The fourth-order valence-corrected chi connectivity index (χ4v) is 5.63. The summed E-state index contributed by atoms with van der Waals surface area (Å²) < 4.78 is 0. The molecule has 6 heteroatoms. The van der Waals surface area contributed by atoms with Crippen LogP contribution in [0.15, 0.2) is 79.0 Å². The number of nitrogens with zero attached hydrogens (tertiary/aromatic N) is 3. The molecule has 1 atom stereocenters. The SMILES string of the molecule is Cc1ccc(C(CCCCN2CCN(c3ccnc4cc(Cl)ccc34)CC2)c2ccc(C(=O)O)cc2)cc1. The van der Waals surface area contributed by atoms with Crippen molar-refractivity contribution in [2.45, 2.75) is 32.1 Å². The summed E-state index contributed by atoms with van der Waals surface area (Å²) >= 11 is 6.17. The van der Waals surface area contributed by atoms with Gasteiger partial charge in [-0.1, -0.05) is 60.0 Å². The normalized spacial score (nSPS) is 15.1. The van der Waals surface area contributed by atoms with Gasteiger partial charge in [0.15, 0.2) is 0 Å². The maximum Gasteiger partial charge on any atom is 0.335 e. The van der Waals surface area contributed by atoms with Gasteiger partial charge in [-0.15, -0.1) is 0 Å². The highest BCUT2D eigenvalue weighted by Gasteiger charge is 2.20. The summed E-state index contributed by atoms with van der Waals surface area (Å²) in [7, 11) is 0. The van der Waals surface area contributed by atoms with Gasteiger partial charge in [-0.05, 0) is 73.8 Å². The van der Waals surface area contributed by atoms with Crippen LogP contribution in [-0.2, 0) is 0 Å². The van der Waals surface area contributed by atoms with E-state index in [1.807, 2.05) is 30.5 Å². The summed E-state index contributed by atoms with van der Waals surface area (Å²) in [5.41, 5.74) is 6.23. The molecule has 1 unspecified atom stereocenters. The van der Waals surface area contributed by atoms with Crippen molar-refractivity contribution in [3.05, 3.63) is 106 Å². The number of carboxylic acids is 1. The number of pyridine rings is 1. The topological polar surface area (TPSA) is 56.7 Å². The van der Waals surface area contributed by atoms with Crippen molar-refractivity contribution in [1.82, 2.24) is 9.88 Å². The molecule has 38 heavy (non-hydrogen) atoms. The van der Waals surface area contributed by atoms with E-state index in [1.54, 1.807) is 12.1 Å². The van der Waals surface area contributed by atoms with Gasteiger partial charge in [0.05, 0.1) is 11.1 Å². The summed E-state index contributed by atoms with van der Waals surface area (Å²) in [4.78, 5) is 20.8. The van der Waals surface area contributed by atoms with Crippen molar-refractivity contribution in [2.75, 3.05) is 37.6 Å². The van der Waals surface area contributed by atoms with Crippen molar-refractivity contribution in [2.24, 2.45) is 0 Å². The Morgan fingerprint density at radius 2 is 1.61 bits per heavy atom. The van der Waals surface area contributed by atoms with E-state index in [9.17, 15) is 9.90 Å². The lowest BCUT2D eigenvalue weighted by atomic mass is 9.86. The van der Waals surface area contributed by atoms with E-state index in [-0.39, 0.29) is 5.92 Å². The summed E-state index contributed by atoms with van der Waals surface area (Å²) in [5.74, 6) is -0.617. The van der Waals surface area contributed by atoms with E-state index in [0.717, 1.165) is 62.9 Å². The maximum absolute atomic E-state index is 11.3. The van der Waals surface area contributed by atoms with E-state index in [1.165, 1.54) is 22.4 Å². The molecule has 2 heterocycles. The number of hydrogen-bond donors (Lipinski definition) is 1. The molecule has 1 aliphatic heterocycles. The number of aromatic carboxylic acids is 1. The minimum absolute atomic E-state index is 0.267. The number of carboxylic acid groups (broad SMARTS) is 1. The number of fused-ring (bicyclic) bond motifs is 1. The number of unbranched alkanes of at least 4 members (excludes halogenated alkanes) is 1. The van der Waals surface area contributed by atoms with Crippen molar-refractivity contribution in [3.8, 4) is 0 Å². The molecule has 1 saturated heterocycles. The lowest BCUT2D eigenvalue weighted by Crippen LogP contribution is -2.46. The van der Waals surface area contributed by atoms with Crippen molar-refractivity contribution < 1.29 is 9.90 Å². The van der Waals surface area contributed by atoms with Gasteiger partial charge in [-0.3, -0.25) is 9.88 Å². The van der Waals surface area contributed by atoms with Crippen LogP contribution in [0.2, 0.25) is 5.02 Å². The second kappa shape index (κ2) is 12.0. The summed E-state index contributed by atoms with van der Waals surface area (Å²) in [6.45, 7) is 7.31. The summed E-state index contributed by atoms with van der Waals surface area (Å²) in [6.07, 6.45) is 5.18. The van der Waals surface area contributed by atoms with Crippen LogP contribution in [0.5, 0.6) is 0 Å². The first-order chi connectivity index (χ1) is 18.5. The third-order valence-electron chi connectivity index (χ3n) is 7.65. The molecule has 5 rings (SSSR count). The number of carbonyl (C=O) groups is 1. The highest BCUT2D eigenvalue weighted by molar-refractivity contribution is 6.31. The molecule has 1 fully saturated rings. The Kier molecular flexibility index (Phi) is 8.26. The zero-order chi connectivity index (χ0) is 26.5. The monoisotopic (exact) mass is 527 g/mol. The third-order valence-corrected chi connectivity index (χ3v) is 7.89. The number of piperazine rings is 1. The number of benzene rings is 3. The zero-order valence-corrected chi connectivity index (χ0v) is 22.6. The molecule has 1 aromatic heterocycles. The van der Waals surface area contributed by atoms with Gasteiger partial charge in [-0.2, -0.15) is 0 Å². The van der Waals surface area contributed by atoms with Crippen LogP contribution < -0.4 is 4.90 Å². The molecule has 0 spiro atoms. The predicted molar refractivity (Wildman–Crippen MR) is 156 cm³/mol. The number of aryl methyl sites for hydroxylation is 1. The minimum atomic E-state index is -0.884. The quantitative estimate of drug-likeness (QED) is 0.237. The van der Waals surface area contributed by atoms with Gasteiger partial charge in [0.2, 0.25) is 0 Å². The Balaban J connectivity index is 1.16. The lowest BCUT2D eigenvalue weighted by Gasteiger charge is -2.36. The number of hydrogen-bond acceptors (Lipinski definition) is 4. The lowest BCUT2D eigenvalue weighted by molar-refractivity contribution is 0.0697. The van der Waals surface area contributed by atoms with E-state index in [0.29, 0.717) is 10.6 Å². The smallest absolute Gasteiger partial charge is 0.335 e. The second-order valence-electron chi connectivity index (χ2n) is 10.2. The van der Waals surface area contributed by atoms with Crippen LogP contribution in [0, 0.1) is 6.92 Å². The molecule has 0 aliphatic carbocycles. The first-order valence-electron chi connectivity index (χ1n) is 13.4. The Morgan fingerprint density at radius 1 is 0.921 bits per heavy atom. The van der Waals surface area contributed by atoms with Crippen LogP contribution in [0.3, 0.4) is 0 Å². The van der Waals surface area contributed by atoms with Gasteiger partial charge in [0.25, 0.3) is 0 Å². The van der Waals surface area contributed by atoms with Gasteiger partial charge in [-0.25, -0.2) is 4.79 Å². The van der Waals surface area contributed by atoms with Gasteiger partial charge < -0.3 is 10.0 Å². The van der Waals surface area contributed by atoms with Crippen LogP contribution in [0.25, 0.3) is 10.9 Å². The molecule has 0 radical (unpaired) electrons. The molecule has 0 amide bonds. The molecule has 1 N–H and O–H groups in total. The van der Waals surface area contributed by atoms with E-state index in [2.05, 4.69) is 58.1 Å². The van der Waals surface area contributed by atoms with Crippen LogP contribution in [0.4, 0.5) is 5.69 Å². The molecule has 5 nitrogen and oxygen atoms in total. The number of halogens is 1. The zero-order valence-electron chi connectivity index (χ0n) is 21.8. The number of anilines is 1. The first-order valence-corrected chi connectivity index (χ1v) is 13.8. The second-order valence-corrected chi connectivity index (χ2v) is 10.6. The maximum atomic E-state index is 11.3. The van der Waals surface area contributed by atoms with E-state index in [4.69, 9.17) is 11.6 Å². The van der Waals surface area contributed by atoms with Crippen LogP contribution in [0.1, 0.15) is 52.2 Å². The molecule has 3 aromatic carbocycles. The first kappa shape index (κ1) is 26.2. The van der Waals surface area contributed by atoms with Gasteiger partial charge in [0.1, 0.15) is 0 Å². The van der Waals surface area contributed by atoms with Crippen LogP contribution >= 0.6 is 11.6 Å². The fraction of sp³-hybridized carbons (Fsp3) is 0.312. The molecule has 0 bridgehead atoms. The number of rotatable bonds is 9. The largest absolute Gasteiger partial charge is 0.478 e. The standard InChI is InChI=1S/C32H34ClN3O2/c1-23-5-7-24(8-6-23)28(25-9-11-26(12-10-25)32(37)38)4-2-3-17-35-18-20-36(21-19-35)31-15-16-34-30-22-27(33)13-14-29(30)31/h5-16,22,28H,2-4,17-21H2,1H3,(H,37,38). The van der Waals surface area contributed by atoms with Crippen molar-refractivity contribution >= 4 is 34.2 Å². The highest BCUT2D eigenvalue weighted by atomic mass is 35.5. The van der Waals surface area contributed by atoms with Crippen LogP contribution in [-0.4, -0.2) is 53.7 Å². The molecular weight excluding hydrogens is 494 g/mol. The highest BCUT2D eigenvalue weighted by Crippen LogP contribution is 2.31. The Morgan fingerprint density at radius 3 is 2.29 bits per heavy atom. The van der Waals surface area contributed by atoms with Crippen molar-refractivity contribution in [1.29, 1.82) is 0 Å². The molecule has 1 aliphatic rings.